The van der Waals surface area contributed by atoms with Gasteiger partial charge in [-0.15, -0.1) is 0 Å². The molecule has 2 rings (SSSR count). The number of rotatable bonds is 4. The van der Waals surface area contributed by atoms with Gasteiger partial charge in [-0.05, 0) is 47.7 Å². The molecule has 2 aromatic rings. The fourth-order valence-corrected chi connectivity index (χ4v) is 2.75. The maximum Gasteiger partial charge on any atom is 0.416 e. The van der Waals surface area contributed by atoms with Gasteiger partial charge < -0.3 is 10.2 Å². The number of benzene rings is 2. The molecule has 4 nitrogen and oxygen atoms in total. The molecular formula is C18H17F3N2O2S. The predicted octanol–water partition coefficient (Wildman–Crippen LogP) is 4.66. The molecule has 0 unspecified atom stereocenters. The Morgan fingerprint density at radius 2 is 1.73 bits per heavy atom. The first-order valence-electron chi connectivity index (χ1n) is 7.60. The summed E-state index contributed by atoms with van der Waals surface area (Å²) in [5.74, 6) is -0.356. The van der Waals surface area contributed by atoms with Crippen LogP contribution in [0.15, 0.2) is 53.4 Å². The van der Waals surface area contributed by atoms with Crippen molar-refractivity contribution in [2.24, 2.45) is 0 Å². The van der Waals surface area contributed by atoms with E-state index in [4.69, 9.17) is 0 Å². The van der Waals surface area contributed by atoms with Gasteiger partial charge in [-0.1, -0.05) is 18.2 Å². The van der Waals surface area contributed by atoms with Crippen molar-refractivity contribution in [2.75, 3.05) is 19.4 Å². The molecule has 0 aromatic heterocycles. The van der Waals surface area contributed by atoms with Crippen LogP contribution >= 0.6 is 11.8 Å². The fraction of sp³-hybridized carbons (Fsp3) is 0.222. The zero-order chi connectivity index (χ0) is 19.3. The van der Waals surface area contributed by atoms with Gasteiger partial charge in [-0.25, -0.2) is 0 Å². The topological polar surface area (TPSA) is 49.4 Å². The highest BCUT2D eigenvalue weighted by molar-refractivity contribution is 8.13. The minimum Gasteiger partial charge on any atom is -0.339 e. The molecule has 0 atom stereocenters. The van der Waals surface area contributed by atoms with E-state index in [1.54, 1.807) is 38.4 Å². The highest BCUT2D eigenvalue weighted by Gasteiger charge is 2.29. The van der Waals surface area contributed by atoms with Crippen LogP contribution in [0.3, 0.4) is 0 Å². The largest absolute Gasteiger partial charge is 0.416 e. The molecule has 0 spiro atoms. The fourth-order valence-electron chi connectivity index (χ4n) is 2.03. The van der Waals surface area contributed by atoms with Gasteiger partial charge in [0.15, 0.2) is 0 Å². The second-order valence-corrected chi connectivity index (χ2v) is 6.73. The van der Waals surface area contributed by atoms with E-state index < -0.39 is 11.7 Å². The van der Waals surface area contributed by atoms with E-state index in [1.165, 1.54) is 17.0 Å². The van der Waals surface area contributed by atoms with Crippen LogP contribution in [0.5, 0.6) is 0 Å². The van der Waals surface area contributed by atoms with Gasteiger partial charge in [0.2, 0.25) is 5.91 Å². The number of anilines is 1. The Morgan fingerprint density at radius 1 is 1.08 bits per heavy atom. The Bertz CT molecular complexity index is 790. The molecule has 138 valence electrons. The van der Waals surface area contributed by atoms with E-state index in [0.29, 0.717) is 16.1 Å². The summed E-state index contributed by atoms with van der Waals surface area (Å²) < 4.78 is 37.6. The standard InChI is InChI=1S/C18H17F3N2O2S/c1-23(2)17(25)26-15-5-3-4-14(11-15)22-16(24)10-12-6-8-13(9-7-12)18(19,20)21/h3-9,11H,10H2,1-2H3,(H,22,24). The van der Waals surface area contributed by atoms with E-state index >= 15 is 0 Å². The summed E-state index contributed by atoms with van der Waals surface area (Å²) in [7, 11) is 3.29. The van der Waals surface area contributed by atoms with Crippen molar-refractivity contribution in [1.29, 1.82) is 0 Å². The van der Waals surface area contributed by atoms with Gasteiger partial charge in [-0.3, -0.25) is 9.59 Å². The molecule has 1 N–H and O–H groups in total. The SMILES string of the molecule is CN(C)C(=O)Sc1cccc(NC(=O)Cc2ccc(C(F)(F)F)cc2)c1. The van der Waals surface area contributed by atoms with Gasteiger partial charge in [-0.2, -0.15) is 13.2 Å². The average molecular weight is 382 g/mol. The molecule has 2 aromatic carbocycles. The van der Waals surface area contributed by atoms with Gasteiger partial charge in [0, 0.05) is 24.7 Å². The van der Waals surface area contributed by atoms with Crippen molar-refractivity contribution in [3.05, 3.63) is 59.7 Å². The molecule has 0 fully saturated rings. The van der Waals surface area contributed by atoms with Crippen LogP contribution in [0.4, 0.5) is 23.7 Å². The van der Waals surface area contributed by atoms with Crippen molar-refractivity contribution in [2.45, 2.75) is 17.5 Å². The first kappa shape index (κ1) is 19.8. The molecule has 0 heterocycles. The zero-order valence-electron chi connectivity index (χ0n) is 14.1. The zero-order valence-corrected chi connectivity index (χ0v) is 14.9. The van der Waals surface area contributed by atoms with Crippen molar-refractivity contribution in [3.8, 4) is 0 Å². The number of nitrogens with zero attached hydrogens (tertiary/aromatic N) is 1. The lowest BCUT2D eigenvalue weighted by Gasteiger charge is -2.11. The predicted molar refractivity (Wildman–Crippen MR) is 95.2 cm³/mol. The summed E-state index contributed by atoms with van der Waals surface area (Å²) in [4.78, 5) is 25.9. The van der Waals surface area contributed by atoms with Crippen molar-refractivity contribution in [1.82, 2.24) is 4.90 Å². The molecule has 0 aliphatic rings. The molecular weight excluding hydrogens is 365 g/mol. The van der Waals surface area contributed by atoms with Gasteiger partial charge >= 0.3 is 6.18 Å². The first-order chi connectivity index (χ1) is 12.1. The Balaban J connectivity index is 1.98. The van der Waals surface area contributed by atoms with E-state index in [0.717, 1.165) is 23.9 Å². The Labute approximate surface area is 153 Å². The maximum atomic E-state index is 12.5. The van der Waals surface area contributed by atoms with E-state index in [-0.39, 0.29) is 17.6 Å². The normalized spacial score (nSPS) is 11.1. The number of hydrogen-bond donors (Lipinski definition) is 1. The highest BCUT2D eigenvalue weighted by Crippen LogP contribution is 2.29. The third-order valence-electron chi connectivity index (χ3n) is 3.33. The van der Waals surface area contributed by atoms with Crippen LogP contribution in [0.1, 0.15) is 11.1 Å². The van der Waals surface area contributed by atoms with Crippen LogP contribution in [-0.4, -0.2) is 30.1 Å². The van der Waals surface area contributed by atoms with Crippen LogP contribution < -0.4 is 5.32 Å². The maximum absolute atomic E-state index is 12.5. The summed E-state index contributed by atoms with van der Waals surface area (Å²) in [5, 5.41) is 2.54. The number of carbonyl (C=O) groups excluding carboxylic acids is 2. The molecule has 0 radical (unpaired) electrons. The number of thioether (sulfide) groups is 1. The quantitative estimate of drug-likeness (QED) is 0.783. The van der Waals surface area contributed by atoms with E-state index in [2.05, 4.69) is 5.32 Å². The molecule has 0 saturated heterocycles. The van der Waals surface area contributed by atoms with Crippen LogP contribution in [-0.2, 0) is 17.4 Å². The monoisotopic (exact) mass is 382 g/mol. The molecule has 0 aliphatic carbocycles. The minimum absolute atomic E-state index is 0.0495. The summed E-state index contributed by atoms with van der Waals surface area (Å²) >= 11 is 1.03. The third-order valence-corrected chi connectivity index (χ3v) is 4.36. The summed E-state index contributed by atoms with van der Waals surface area (Å²) in [5.41, 5.74) is 0.235. The minimum atomic E-state index is -4.40. The average Bonchev–Trinajstić information content (AvgIpc) is 2.54. The second-order valence-electron chi connectivity index (χ2n) is 5.71. The lowest BCUT2D eigenvalue weighted by atomic mass is 10.1. The van der Waals surface area contributed by atoms with Gasteiger partial charge in [0.05, 0.1) is 12.0 Å². The number of nitrogens with one attached hydrogen (secondary N) is 1. The molecule has 8 heteroatoms. The number of halogens is 3. The number of hydrogen-bond acceptors (Lipinski definition) is 3. The van der Waals surface area contributed by atoms with Gasteiger partial charge in [0.1, 0.15) is 0 Å². The molecule has 0 aliphatic heterocycles. The number of carbonyl (C=O) groups is 2. The summed E-state index contributed by atoms with van der Waals surface area (Å²) in [6.07, 6.45) is -4.45. The van der Waals surface area contributed by atoms with E-state index in [9.17, 15) is 22.8 Å². The van der Waals surface area contributed by atoms with Crippen LogP contribution in [0.25, 0.3) is 0 Å². The first-order valence-corrected chi connectivity index (χ1v) is 8.42. The van der Waals surface area contributed by atoms with Crippen molar-refractivity contribution >= 4 is 28.6 Å². The lowest BCUT2D eigenvalue weighted by Crippen LogP contribution is -2.16. The Kier molecular flexibility index (Phi) is 6.31. The number of alkyl halides is 3. The van der Waals surface area contributed by atoms with Crippen LogP contribution in [0, 0.1) is 0 Å². The molecule has 0 bridgehead atoms. The second kappa shape index (κ2) is 8.27. The molecule has 0 saturated carbocycles. The molecule has 2 amide bonds. The summed E-state index contributed by atoms with van der Waals surface area (Å²) in [6, 6.07) is 11.3. The van der Waals surface area contributed by atoms with E-state index in [1.807, 2.05) is 0 Å². The van der Waals surface area contributed by atoms with Crippen molar-refractivity contribution in [3.63, 3.8) is 0 Å². The summed E-state index contributed by atoms with van der Waals surface area (Å²) in [6.45, 7) is 0. The lowest BCUT2D eigenvalue weighted by molar-refractivity contribution is -0.137. The number of amides is 2. The highest BCUT2D eigenvalue weighted by atomic mass is 32.2. The Hall–Kier alpha value is -2.48. The van der Waals surface area contributed by atoms with Crippen LogP contribution in [0.2, 0.25) is 0 Å². The van der Waals surface area contributed by atoms with Crippen molar-refractivity contribution < 1.29 is 22.8 Å². The van der Waals surface area contributed by atoms with Gasteiger partial charge in [0.25, 0.3) is 5.24 Å². The Morgan fingerprint density at radius 3 is 2.31 bits per heavy atom. The molecule has 26 heavy (non-hydrogen) atoms. The smallest absolute Gasteiger partial charge is 0.339 e. The third kappa shape index (κ3) is 5.80.